The van der Waals surface area contributed by atoms with Gasteiger partial charge < -0.3 is 4.74 Å². The molecule has 0 aliphatic rings. The van der Waals surface area contributed by atoms with Gasteiger partial charge in [-0.1, -0.05) is 23.7 Å². The van der Waals surface area contributed by atoms with Crippen molar-refractivity contribution < 1.29 is 4.74 Å². The van der Waals surface area contributed by atoms with Crippen molar-refractivity contribution in [1.29, 1.82) is 0 Å². The third-order valence-corrected chi connectivity index (χ3v) is 3.43. The molecule has 3 aromatic rings. The summed E-state index contributed by atoms with van der Waals surface area (Å²) in [5, 5.41) is 9.32. The molecule has 0 aliphatic carbocycles. The molecule has 23 heavy (non-hydrogen) atoms. The second-order valence-corrected chi connectivity index (χ2v) is 5.87. The average Bonchev–Trinajstić information content (AvgIpc) is 2.81. The van der Waals surface area contributed by atoms with Crippen molar-refractivity contribution in [3.05, 3.63) is 53.3 Å². The van der Waals surface area contributed by atoms with E-state index in [1.54, 1.807) is 12.3 Å². The molecular weight excluding hydrogens is 312 g/mol. The molecule has 6 heteroatoms. The molecular formula is C17H17ClN4O. The van der Waals surface area contributed by atoms with E-state index in [0.717, 1.165) is 11.3 Å². The van der Waals surface area contributed by atoms with E-state index < -0.39 is 0 Å². The summed E-state index contributed by atoms with van der Waals surface area (Å²) in [6.07, 6.45) is 1.85. The fraction of sp³-hybridized carbons (Fsp3) is 0.235. The van der Waals surface area contributed by atoms with Crippen LogP contribution in [-0.4, -0.2) is 15.5 Å². The summed E-state index contributed by atoms with van der Waals surface area (Å²) in [4.78, 5) is 4.46. The van der Waals surface area contributed by atoms with Crippen molar-refractivity contribution in [2.45, 2.75) is 26.9 Å². The zero-order valence-electron chi connectivity index (χ0n) is 13.2. The van der Waals surface area contributed by atoms with Gasteiger partial charge in [-0.25, -0.2) is 4.98 Å². The Morgan fingerprint density at radius 2 is 1.91 bits per heavy atom. The Hall–Kier alpha value is -2.40. The minimum atomic E-state index is 0.0719. The van der Waals surface area contributed by atoms with E-state index in [4.69, 9.17) is 16.3 Å². The van der Waals surface area contributed by atoms with Crippen LogP contribution in [0.4, 0.5) is 11.5 Å². The molecule has 0 N–H and O–H groups in total. The fourth-order valence-corrected chi connectivity index (χ4v) is 2.40. The topological polar surface area (TPSA) is 51.2 Å². The quantitative estimate of drug-likeness (QED) is 0.594. The fourth-order valence-electron chi connectivity index (χ4n) is 2.24. The molecule has 0 atom stereocenters. The third kappa shape index (κ3) is 3.35. The van der Waals surface area contributed by atoms with Crippen LogP contribution < -0.4 is 4.74 Å². The predicted octanol–water partition coefficient (Wildman–Crippen LogP) is 5.50. The first-order chi connectivity index (χ1) is 11.0. The number of ether oxygens (including phenoxy) is 1. The zero-order chi connectivity index (χ0) is 16.4. The summed E-state index contributed by atoms with van der Waals surface area (Å²) >= 11 is 6.06. The number of para-hydroxylation sites is 1. The van der Waals surface area contributed by atoms with Gasteiger partial charge in [-0.05, 0) is 45.0 Å². The normalized spacial score (nSPS) is 11.7. The van der Waals surface area contributed by atoms with E-state index in [-0.39, 0.29) is 6.10 Å². The van der Waals surface area contributed by atoms with Gasteiger partial charge in [0.25, 0.3) is 0 Å². The van der Waals surface area contributed by atoms with Crippen molar-refractivity contribution in [1.82, 2.24) is 9.38 Å². The van der Waals surface area contributed by atoms with E-state index in [0.29, 0.717) is 22.3 Å². The highest BCUT2D eigenvalue weighted by atomic mass is 35.5. The minimum absolute atomic E-state index is 0.0719. The molecule has 5 nitrogen and oxygen atoms in total. The zero-order valence-corrected chi connectivity index (χ0v) is 13.9. The molecule has 0 radical (unpaired) electrons. The number of nitrogens with zero attached hydrogens (tertiary/aromatic N) is 4. The lowest BCUT2D eigenvalue weighted by atomic mass is 10.3. The molecule has 0 aliphatic heterocycles. The number of benzene rings is 1. The first kappa shape index (κ1) is 15.5. The number of fused-ring (bicyclic) bond motifs is 1. The SMILES string of the molecule is Cc1nc2ccc(Cl)cn2c1N=Nc1ccccc1OC(C)C. The van der Waals surface area contributed by atoms with E-state index in [1.807, 2.05) is 55.5 Å². The Bertz CT molecular complexity index is 870. The van der Waals surface area contributed by atoms with Gasteiger partial charge in [0.2, 0.25) is 0 Å². The van der Waals surface area contributed by atoms with Gasteiger partial charge in [-0.3, -0.25) is 4.40 Å². The first-order valence-corrected chi connectivity index (χ1v) is 7.74. The Labute approximate surface area is 139 Å². The van der Waals surface area contributed by atoms with Crippen LogP contribution >= 0.6 is 11.6 Å². The van der Waals surface area contributed by atoms with Crippen molar-refractivity contribution in [2.75, 3.05) is 0 Å². The Balaban J connectivity index is 2.01. The van der Waals surface area contributed by atoms with Gasteiger partial charge in [0.05, 0.1) is 16.8 Å². The van der Waals surface area contributed by atoms with Crippen LogP contribution in [0.1, 0.15) is 19.5 Å². The van der Waals surface area contributed by atoms with Crippen molar-refractivity contribution in [3.8, 4) is 5.75 Å². The van der Waals surface area contributed by atoms with Crippen LogP contribution in [0.15, 0.2) is 52.8 Å². The molecule has 2 aromatic heterocycles. The van der Waals surface area contributed by atoms with Crippen molar-refractivity contribution >= 4 is 28.8 Å². The number of imidazole rings is 1. The summed E-state index contributed by atoms with van der Waals surface area (Å²) in [5.41, 5.74) is 2.25. The van der Waals surface area contributed by atoms with Crippen LogP contribution in [0.5, 0.6) is 5.75 Å². The van der Waals surface area contributed by atoms with Gasteiger partial charge in [-0.15, -0.1) is 10.2 Å². The molecule has 1 aromatic carbocycles. The highest BCUT2D eigenvalue weighted by molar-refractivity contribution is 6.30. The second-order valence-electron chi connectivity index (χ2n) is 5.43. The Kier molecular flexibility index (Phi) is 4.30. The molecule has 0 bridgehead atoms. The molecule has 0 fully saturated rings. The summed E-state index contributed by atoms with van der Waals surface area (Å²) in [7, 11) is 0. The summed E-state index contributed by atoms with van der Waals surface area (Å²) in [5.74, 6) is 1.36. The third-order valence-electron chi connectivity index (χ3n) is 3.21. The monoisotopic (exact) mass is 328 g/mol. The highest BCUT2D eigenvalue weighted by Crippen LogP contribution is 2.31. The molecule has 118 valence electrons. The van der Waals surface area contributed by atoms with Crippen LogP contribution in [-0.2, 0) is 0 Å². The maximum absolute atomic E-state index is 6.06. The lowest BCUT2D eigenvalue weighted by Gasteiger charge is -2.10. The Morgan fingerprint density at radius 3 is 2.70 bits per heavy atom. The molecule has 0 saturated heterocycles. The summed E-state index contributed by atoms with van der Waals surface area (Å²) < 4.78 is 7.58. The molecule has 2 heterocycles. The lowest BCUT2D eigenvalue weighted by Crippen LogP contribution is -2.05. The number of pyridine rings is 1. The van der Waals surface area contributed by atoms with E-state index in [9.17, 15) is 0 Å². The maximum atomic E-state index is 6.06. The molecule has 0 spiro atoms. The van der Waals surface area contributed by atoms with Crippen LogP contribution in [0, 0.1) is 6.92 Å². The van der Waals surface area contributed by atoms with Gasteiger partial charge in [-0.2, -0.15) is 0 Å². The van der Waals surface area contributed by atoms with Gasteiger partial charge in [0, 0.05) is 6.20 Å². The molecule has 3 rings (SSSR count). The predicted molar refractivity (Wildman–Crippen MR) is 91.3 cm³/mol. The standard InChI is InChI=1S/C17H17ClN4O/c1-11(2)23-15-7-5-4-6-14(15)20-21-17-12(3)19-16-9-8-13(18)10-22(16)17/h4-11H,1-3H3. The molecule has 0 saturated carbocycles. The minimum Gasteiger partial charge on any atom is -0.489 e. The molecule has 0 amide bonds. The van der Waals surface area contributed by atoms with Crippen LogP contribution in [0.25, 0.3) is 5.65 Å². The van der Waals surface area contributed by atoms with E-state index in [2.05, 4.69) is 15.2 Å². The van der Waals surface area contributed by atoms with E-state index in [1.165, 1.54) is 0 Å². The largest absolute Gasteiger partial charge is 0.489 e. The van der Waals surface area contributed by atoms with Crippen molar-refractivity contribution in [2.24, 2.45) is 10.2 Å². The summed E-state index contributed by atoms with van der Waals surface area (Å²) in [6.45, 7) is 5.85. The first-order valence-electron chi connectivity index (χ1n) is 7.36. The number of halogens is 1. The van der Waals surface area contributed by atoms with Crippen molar-refractivity contribution in [3.63, 3.8) is 0 Å². The van der Waals surface area contributed by atoms with Gasteiger partial charge >= 0.3 is 0 Å². The number of hydrogen-bond donors (Lipinski definition) is 0. The highest BCUT2D eigenvalue weighted by Gasteiger charge is 2.09. The van der Waals surface area contributed by atoms with Crippen LogP contribution in [0.2, 0.25) is 5.02 Å². The number of aromatic nitrogens is 2. The van der Waals surface area contributed by atoms with E-state index >= 15 is 0 Å². The Morgan fingerprint density at radius 1 is 1.13 bits per heavy atom. The molecule has 0 unspecified atom stereocenters. The summed E-state index contributed by atoms with van der Waals surface area (Å²) in [6, 6.07) is 11.2. The van der Waals surface area contributed by atoms with Gasteiger partial charge in [0.15, 0.2) is 5.82 Å². The smallest absolute Gasteiger partial charge is 0.182 e. The number of hydrogen-bond acceptors (Lipinski definition) is 4. The lowest BCUT2D eigenvalue weighted by molar-refractivity contribution is 0.243. The number of aryl methyl sites for hydroxylation is 1. The average molecular weight is 329 g/mol. The number of azo groups is 1. The van der Waals surface area contributed by atoms with Crippen LogP contribution in [0.3, 0.4) is 0 Å². The van der Waals surface area contributed by atoms with Gasteiger partial charge in [0.1, 0.15) is 17.1 Å². The maximum Gasteiger partial charge on any atom is 0.182 e. The number of rotatable bonds is 4. The second kappa shape index (κ2) is 6.38.